The third-order valence-electron chi connectivity index (χ3n) is 2.90. The van der Waals surface area contributed by atoms with Gasteiger partial charge in [0.05, 0.1) is 5.92 Å². The maximum absolute atomic E-state index is 11.4. The minimum absolute atomic E-state index is 0.447. The van der Waals surface area contributed by atoms with Crippen LogP contribution < -0.4 is 0 Å². The third-order valence-corrected chi connectivity index (χ3v) is 3.65. The second kappa shape index (κ2) is 6.22. The largest absolute Gasteiger partial charge is 0.481 e. The Hall–Kier alpha value is -1.32. The van der Waals surface area contributed by atoms with Gasteiger partial charge in [0.1, 0.15) is 0 Å². The molecule has 0 amide bonds. The van der Waals surface area contributed by atoms with Crippen molar-refractivity contribution in [3.05, 3.63) is 69.2 Å². The average molecular weight is 340 g/mol. The Kier molecular flexibility index (Phi) is 4.61. The van der Waals surface area contributed by atoms with Gasteiger partial charge in [0, 0.05) is 9.50 Å². The first-order valence-electron chi connectivity index (χ1n) is 5.79. The number of hydrogen-bond acceptors (Lipinski definition) is 1. The number of halogens is 2. The molecule has 0 saturated heterocycles. The van der Waals surface area contributed by atoms with Gasteiger partial charge in [-0.25, -0.2) is 0 Å². The number of benzene rings is 2. The summed E-state index contributed by atoms with van der Waals surface area (Å²) in [4.78, 5) is 11.4. The maximum atomic E-state index is 11.4. The number of carboxylic acid groups (broad SMARTS) is 1. The summed E-state index contributed by atoms with van der Waals surface area (Å²) in [6.45, 7) is 0. The molecule has 0 fully saturated rings. The quantitative estimate of drug-likeness (QED) is 0.889. The fraction of sp³-hybridized carbons (Fsp3) is 0.133. The highest BCUT2D eigenvalue weighted by Crippen LogP contribution is 2.24. The summed E-state index contributed by atoms with van der Waals surface area (Å²) in [7, 11) is 0. The summed E-state index contributed by atoms with van der Waals surface area (Å²) in [5.74, 6) is -1.38. The first-order valence-corrected chi connectivity index (χ1v) is 6.96. The van der Waals surface area contributed by atoms with Crippen LogP contribution in [0.4, 0.5) is 0 Å². The average Bonchev–Trinajstić information content (AvgIpc) is 2.37. The van der Waals surface area contributed by atoms with E-state index in [0.29, 0.717) is 11.4 Å². The lowest BCUT2D eigenvalue weighted by Gasteiger charge is -2.13. The molecule has 0 heterocycles. The van der Waals surface area contributed by atoms with Crippen molar-refractivity contribution in [2.45, 2.75) is 12.3 Å². The molecule has 98 valence electrons. The fourth-order valence-corrected chi connectivity index (χ4v) is 2.47. The van der Waals surface area contributed by atoms with Gasteiger partial charge in [-0.2, -0.15) is 0 Å². The summed E-state index contributed by atoms with van der Waals surface area (Å²) in [6, 6.07) is 14.7. The summed E-state index contributed by atoms with van der Waals surface area (Å²) >= 11 is 9.19. The summed E-state index contributed by atoms with van der Waals surface area (Å²) < 4.78 is 0.882. The molecular weight excluding hydrogens is 328 g/mol. The van der Waals surface area contributed by atoms with Gasteiger partial charge in [0.25, 0.3) is 0 Å². The van der Waals surface area contributed by atoms with Crippen LogP contribution in [0.15, 0.2) is 53.0 Å². The van der Waals surface area contributed by atoms with Crippen LogP contribution in [0.5, 0.6) is 0 Å². The van der Waals surface area contributed by atoms with Crippen molar-refractivity contribution in [2.75, 3.05) is 0 Å². The van der Waals surface area contributed by atoms with E-state index in [1.807, 2.05) is 36.4 Å². The molecule has 2 rings (SSSR count). The van der Waals surface area contributed by atoms with E-state index in [9.17, 15) is 9.90 Å². The molecule has 0 spiro atoms. The van der Waals surface area contributed by atoms with E-state index >= 15 is 0 Å². The van der Waals surface area contributed by atoms with Crippen molar-refractivity contribution in [3.63, 3.8) is 0 Å². The summed E-state index contributed by atoms with van der Waals surface area (Å²) in [6.07, 6.45) is 0.447. The molecule has 2 nitrogen and oxygen atoms in total. The second-order valence-corrected chi connectivity index (χ2v) is 5.63. The molecule has 19 heavy (non-hydrogen) atoms. The lowest BCUT2D eigenvalue weighted by atomic mass is 9.92. The van der Waals surface area contributed by atoms with E-state index in [1.54, 1.807) is 12.1 Å². The SMILES string of the molecule is O=C(O)C(Cc1ccc(Cl)cc1)c1cccc(Br)c1. The Morgan fingerprint density at radius 3 is 2.47 bits per heavy atom. The van der Waals surface area contributed by atoms with Crippen molar-refractivity contribution in [1.82, 2.24) is 0 Å². The first-order chi connectivity index (χ1) is 9.06. The van der Waals surface area contributed by atoms with Gasteiger partial charge in [-0.1, -0.05) is 51.8 Å². The highest BCUT2D eigenvalue weighted by molar-refractivity contribution is 9.10. The molecule has 0 aliphatic heterocycles. The predicted octanol–water partition coefficient (Wildman–Crippen LogP) is 4.51. The maximum Gasteiger partial charge on any atom is 0.311 e. The molecule has 0 bridgehead atoms. The Morgan fingerprint density at radius 2 is 1.89 bits per heavy atom. The molecule has 1 N–H and O–H groups in total. The van der Waals surface area contributed by atoms with Crippen LogP contribution in [-0.2, 0) is 11.2 Å². The molecule has 1 atom stereocenters. The van der Waals surface area contributed by atoms with Crippen molar-refractivity contribution in [2.24, 2.45) is 0 Å². The van der Waals surface area contributed by atoms with Crippen LogP contribution >= 0.6 is 27.5 Å². The molecule has 0 saturated carbocycles. The van der Waals surface area contributed by atoms with Crippen LogP contribution in [0.2, 0.25) is 5.02 Å². The number of aliphatic carboxylic acids is 1. The molecule has 4 heteroatoms. The van der Waals surface area contributed by atoms with Gasteiger partial charge < -0.3 is 5.11 Å². The zero-order valence-corrected chi connectivity index (χ0v) is 12.4. The topological polar surface area (TPSA) is 37.3 Å². The minimum Gasteiger partial charge on any atom is -0.481 e. The van der Waals surface area contributed by atoms with E-state index in [2.05, 4.69) is 15.9 Å². The van der Waals surface area contributed by atoms with Gasteiger partial charge >= 0.3 is 5.97 Å². The van der Waals surface area contributed by atoms with Crippen LogP contribution in [0.25, 0.3) is 0 Å². The number of carboxylic acids is 1. The Labute approximate surface area is 125 Å². The zero-order chi connectivity index (χ0) is 13.8. The molecular formula is C15H12BrClO2. The molecule has 2 aromatic rings. The second-order valence-electron chi connectivity index (χ2n) is 4.28. The van der Waals surface area contributed by atoms with E-state index in [-0.39, 0.29) is 0 Å². The molecule has 1 unspecified atom stereocenters. The first kappa shape index (κ1) is 14.1. The molecule has 2 aromatic carbocycles. The van der Waals surface area contributed by atoms with Crippen LogP contribution in [0.1, 0.15) is 17.0 Å². The van der Waals surface area contributed by atoms with Gasteiger partial charge in [-0.15, -0.1) is 0 Å². The highest BCUT2D eigenvalue weighted by atomic mass is 79.9. The van der Waals surface area contributed by atoms with Gasteiger partial charge in [0.15, 0.2) is 0 Å². The molecule has 0 aromatic heterocycles. The van der Waals surface area contributed by atoms with Gasteiger partial charge in [-0.05, 0) is 41.8 Å². The number of carbonyl (C=O) groups is 1. The van der Waals surface area contributed by atoms with E-state index in [0.717, 1.165) is 15.6 Å². The standard InChI is InChI=1S/C15H12BrClO2/c16-12-3-1-2-11(9-12)14(15(18)19)8-10-4-6-13(17)7-5-10/h1-7,9,14H,8H2,(H,18,19). The highest BCUT2D eigenvalue weighted by Gasteiger charge is 2.20. The lowest BCUT2D eigenvalue weighted by molar-refractivity contribution is -0.138. The molecule has 0 aliphatic rings. The normalized spacial score (nSPS) is 12.1. The van der Waals surface area contributed by atoms with Crippen LogP contribution in [-0.4, -0.2) is 11.1 Å². The number of rotatable bonds is 4. The van der Waals surface area contributed by atoms with Crippen LogP contribution in [0.3, 0.4) is 0 Å². The minimum atomic E-state index is -0.826. The monoisotopic (exact) mass is 338 g/mol. The van der Waals surface area contributed by atoms with E-state index in [1.165, 1.54) is 0 Å². The summed E-state index contributed by atoms with van der Waals surface area (Å²) in [5, 5.41) is 10.0. The lowest BCUT2D eigenvalue weighted by Crippen LogP contribution is -2.14. The Balaban J connectivity index is 2.26. The van der Waals surface area contributed by atoms with Crippen molar-refractivity contribution < 1.29 is 9.90 Å². The van der Waals surface area contributed by atoms with Crippen molar-refractivity contribution >= 4 is 33.5 Å². The van der Waals surface area contributed by atoms with E-state index < -0.39 is 11.9 Å². The predicted molar refractivity (Wildman–Crippen MR) is 79.7 cm³/mol. The summed E-state index contributed by atoms with van der Waals surface area (Å²) in [5.41, 5.74) is 1.74. The van der Waals surface area contributed by atoms with Crippen LogP contribution in [0, 0.1) is 0 Å². The molecule has 0 aliphatic carbocycles. The smallest absolute Gasteiger partial charge is 0.311 e. The van der Waals surface area contributed by atoms with E-state index in [4.69, 9.17) is 11.6 Å². The van der Waals surface area contributed by atoms with Crippen molar-refractivity contribution in [3.8, 4) is 0 Å². The van der Waals surface area contributed by atoms with Gasteiger partial charge in [-0.3, -0.25) is 4.79 Å². The number of hydrogen-bond donors (Lipinski definition) is 1. The zero-order valence-electron chi connectivity index (χ0n) is 10.0. The Morgan fingerprint density at radius 1 is 1.21 bits per heavy atom. The van der Waals surface area contributed by atoms with Crippen molar-refractivity contribution in [1.29, 1.82) is 0 Å². The molecule has 0 radical (unpaired) electrons. The Bertz CT molecular complexity index is 581. The van der Waals surface area contributed by atoms with Gasteiger partial charge in [0.2, 0.25) is 0 Å². The fourth-order valence-electron chi connectivity index (χ4n) is 1.93. The third kappa shape index (κ3) is 3.82.